The molecule has 5 aromatic rings. The van der Waals surface area contributed by atoms with Gasteiger partial charge >= 0.3 is 0 Å². The fraction of sp³-hybridized carbons (Fsp3) is 0.115. The number of rotatable bonds is 6. The molecule has 0 saturated heterocycles. The van der Waals surface area contributed by atoms with Crippen LogP contribution in [0.4, 0.5) is 11.4 Å². The molecule has 5 rings (SSSR count). The topological polar surface area (TPSA) is 120 Å². The van der Waals surface area contributed by atoms with Gasteiger partial charge < -0.3 is 15.6 Å². The molecule has 0 aliphatic rings. The van der Waals surface area contributed by atoms with Crippen LogP contribution < -0.4 is 11.1 Å². The Morgan fingerprint density at radius 2 is 1.83 bits per heavy atom. The molecular weight excluding hydrogens is 462 g/mol. The summed E-state index contributed by atoms with van der Waals surface area (Å²) in [7, 11) is -1.54. The van der Waals surface area contributed by atoms with Crippen molar-refractivity contribution >= 4 is 49.1 Å². The Morgan fingerprint density at radius 1 is 1.03 bits per heavy atom. The summed E-state index contributed by atoms with van der Waals surface area (Å²) < 4.78 is 27.0. The summed E-state index contributed by atoms with van der Waals surface area (Å²) >= 11 is 0. The summed E-state index contributed by atoms with van der Waals surface area (Å²) in [5, 5.41) is 4.36. The second-order valence-corrected chi connectivity index (χ2v) is 10.5. The second kappa shape index (κ2) is 8.52. The van der Waals surface area contributed by atoms with Crippen LogP contribution in [0.2, 0.25) is 0 Å². The third-order valence-electron chi connectivity index (χ3n) is 5.87. The number of carbonyl (C=O) groups excluding carboxylic acids is 1. The lowest BCUT2D eigenvalue weighted by Crippen LogP contribution is -2.14. The van der Waals surface area contributed by atoms with Crippen LogP contribution in [0.3, 0.4) is 0 Å². The van der Waals surface area contributed by atoms with E-state index in [1.54, 1.807) is 24.5 Å². The molecule has 1 amide bonds. The lowest BCUT2D eigenvalue weighted by Gasteiger charge is -2.15. The first kappa shape index (κ1) is 22.5. The van der Waals surface area contributed by atoms with E-state index in [1.165, 1.54) is 6.07 Å². The summed E-state index contributed by atoms with van der Waals surface area (Å²) in [6.07, 6.45) is 6.42. The quantitative estimate of drug-likeness (QED) is 0.376. The van der Waals surface area contributed by atoms with Crippen LogP contribution in [0, 0.1) is 0 Å². The first-order chi connectivity index (χ1) is 16.7. The van der Waals surface area contributed by atoms with Gasteiger partial charge in [-0.05, 0) is 52.9 Å². The number of fused-ring (bicyclic) bond motifs is 2. The zero-order valence-corrected chi connectivity index (χ0v) is 20.0. The number of hydrogen-bond acceptors (Lipinski definition) is 6. The number of aromatic nitrogens is 3. The van der Waals surface area contributed by atoms with Crippen molar-refractivity contribution in [3.63, 3.8) is 0 Å². The molecule has 0 atom stereocenters. The monoisotopic (exact) mass is 485 g/mol. The number of aryl methyl sites for hydroxylation is 1. The number of benzene rings is 3. The van der Waals surface area contributed by atoms with Crippen molar-refractivity contribution in [2.24, 2.45) is 12.8 Å². The summed E-state index contributed by atoms with van der Waals surface area (Å²) in [4.78, 5) is 20.6. The van der Waals surface area contributed by atoms with Crippen LogP contribution in [0.5, 0.6) is 0 Å². The molecule has 0 bridgehead atoms. The van der Waals surface area contributed by atoms with Gasteiger partial charge in [-0.25, -0.2) is 8.42 Å². The average molecular weight is 486 g/mol. The molecule has 2 aromatic heterocycles. The lowest BCUT2D eigenvalue weighted by molar-refractivity contribution is -0.117. The van der Waals surface area contributed by atoms with Gasteiger partial charge in [-0.2, -0.15) is 0 Å². The van der Waals surface area contributed by atoms with Crippen LogP contribution in [-0.2, 0) is 28.1 Å². The zero-order chi connectivity index (χ0) is 24.7. The van der Waals surface area contributed by atoms with Crippen LogP contribution in [0.1, 0.15) is 5.56 Å². The highest BCUT2D eigenvalue weighted by molar-refractivity contribution is 7.90. The molecular formula is C26H23N5O3S. The van der Waals surface area contributed by atoms with Crippen molar-refractivity contribution in [3.8, 4) is 11.1 Å². The molecule has 2 heterocycles. The third-order valence-corrected chi connectivity index (χ3v) is 7.03. The Balaban J connectivity index is 1.67. The minimum atomic E-state index is -3.54. The van der Waals surface area contributed by atoms with Gasteiger partial charge in [0.05, 0.1) is 28.0 Å². The van der Waals surface area contributed by atoms with Gasteiger partial charge in [0.2, 0.25) is 5.91 Å². The number of anilines is 2. The van der Waals surface area contributed by atoms with Crippen LogP contribution >= 0.6 is 0 Å². The Kier molecular flexibility index (Phi) is 5.49. The molecule has 9 heteroatoms. The predicted molar refractivity (Wildman–Crippen MR) is 137 cm³/mol. The smallest absolute Gasteiger partial charge is 0.221 e. The fourth-order valence-electron chi connectivity index (χ4n) is 4.26. The largest absolute Gasteiger partial charge is 0.369 e. The van der Waals surface area contributed by atoms with E-state index in [1.807, 2.05) is 31.4 Å². The average Bonchev–Trinajstić information content (AvgIpc) is 3.17. The van der Waals surface area contributed by atoms with E-state index in [0.29, 0.717) is 22.5 Å². The normalized spacial score (nSPS) is 11.7. The summed E-state index contributed by atoms with van der Waals surface area (Å²) in [6, 6.07) is 16.7. The molecule has 0 fully saturated rings. The minimum absolute atomic E-state index is 0.00382. The van der Waals surface area contributed by atoms with Crippen LogP contribution in [0.25, 0.3) is 33.1 Å². The molecule has 0 aliphatic heterocycles. The van der Waals surface area contributed by atoms with Crippen molar-refractivity contribution in [3.05, 3.63) is 78.8 Å². The molecule has 3 aromatic carbocycles. The van der Waals surface area contributed by atoms with E-state index in [-0.39, 0.29) is 11.3 Å². The number of nitrogens with two attached hydrogens (primary N) is 1. The summed E-state index contributed by atoms with van der Waals surface area (Å²) in [5.74, 6) is -0.498. The Labute approximate surface area is 202 Å². The van der Waals surface area contributed by atoms with Crippen LogP contribution in [0.15, 0.2) is 78.1 Å². The molecule has 0 radical (unpaired) electrons. The molecule has 0 aliphatic carbocycles. The number of sulfone groups is 1. The van der Waals surface area contributed by atoms with E-state index in [2.05, 4.69) is 38.1 Å². The number of amides is 1. The summed E-state index contributed by atoms with van der Waals surface area (Å²) in [5.41, 5.74) is 11.2. The highest BCUT2D eigenvalue weighted by atomic mass is 32.2. The van der Waals surface area contributed by atoms with Gasteiger partial charge in [-0.1, -0.05) is 18.2 Å². The van der Waals surface area contributed by atoms with E-state index >= 15 is 0 Å². The van der Waals surface area contributed by atoms with Crippen molar-refractivity contribution in [2.45, 2.75) is 11.3 Å². The molecule has 35 heavy (non-hydrogen) atoms. The molecule has 0 spiro atoms. The number of primary amides is 1. The highest BCUT2D eigenvalue weighted by Crippen LogP contribution is 2.34. The van der Waals surface area contributed by atoms with Crippen molar-refractivity contribution in [1.29, 1.82) is 0 Å². The number of carbonyl (C=O) groups is 1. The van der Waals surface area contributed by atoms with Gasteiger partial charge in [-0.3, -0.25) is 14.8 Å². The fourth-order valence-corrected chi connectivity index (χ4v) is 5.09. The predicted octanol–water partition coefficient (Wildman–Crippen LogP) is 3.96. The van der Waals surface area contributed by atoms with E-state index in [4.69, 9.17) is 5.73 Å². The van der Waals surface area contributed by atoms with E-state index < -0.39 is 15.7 Å². The van der Waals surface area contributed by atoms with Gasteiger partial charge in [0.25, 0.3) is 0 Å². The van der Waals surface area contributed by atoms with Crippen LogP contribution in [-0.4, -0.2) is 35.1 Å². The number of nitrogens with zero attached hydrogens (tertiary/aromatic N) is 3. The van der Waals surface area contributed by atoms with Crippen molar-refractivity contribution in [2.75, 3.05) is 11.6 Å². The maximum Gasteiger partial charge on any atom is 0.221 e. The Bertz CT molecular complexity index is 1720. The second-order valence-electron chi connectivity index (χ2n) is 8.52. The Morgan fingerprint density at radius 3 is 2.60 bits per heavy atom. The minimum Gasteiger partial charge on any atom is -0.369 e. The first-order valence-electron chi connectivity index (χ1n) is 10.9. The highest BCUT2D eigenvalue weighted by Gasteiger charge is 2.17. The van der Waals surface area contributed by atoms with Gasteiger partial charge in [0, 0.05) is 48.7 Å². The standard InChI is InChI=1S/C26H23N5O3S/c1-31-10-7-17-4-5-18(13-23(17)31)20-14-19(15-22-26(20)29-9-8-28-22)30-21-11-16(12-25(27)32)3-6-24(21)35(2,33)34/h3-11,13-15,30H,12H2,1-2H3,(H2,27,32). The first-order valence-corrected chi connectivity index (χ1v) is 12.8. The zero-order valence-electron chi connectivity index (χ0n) is 19.2. The van der Waals surface area contributed by atoms with E-state index in [9.17, 15) is 13.2 Å². The Hall–Kier alpha value is -4.24. The molecule has 0 unspecified atom stereocenters. The molecule has 176 valence electrons. The molecule has 8 nitrogen and oxygen atoms in total. The third kappa shape index (κ3) is 4.45. The SMILES string of the molecule is Cn1ccc2ccc(-c3cc(Nc4cc(CC(N)=O)ccc4S(C)(=O)=O)cc4nccnc34)cc21. The van der Waals surface area contributed by atoms with Crippen molar-refractivity contribution in [1.82, 2.24) is 14.5 Å². The lowest BCUT2D eigenvalue weighted by atomic mass is 10.0. The number of nitrogens with one attached hydrogen (secondary N) is 1. The molecule has 3 N–H and O–H groups in total. The van der Waals surface area contributed by atoms with Crippen molar-refractivity contribution < 1.29 is 13.2 Å². The van der Waals surface area contributed by atoms with Gasteiger partial charge in [0.15, 0.2) is 9.84 Å². The molecule has 0 saturated carbocycles. The van der Waals surface area contributed by atoms with Gasteiger partial charge in [-0.15, -0.1) is 0 Å². The van der Waals surface area contributed by atoms with Gasteiger partial charge in [0.1, 0.15) is 0 Å². The maximum atomic E-state index is 12.5. The van der Waals surface area contributed by atoms with E-state index in [0.717, 1.165) is 33.8 Å². The maximum absolute atomic E-state index is 12.5. The number of hydrogen-bond donors (Lipinski definition) is 2. The summed E-state index contributed by atoms with van der Waals surface area (Å²) in [6.45, 7) is 0.